The molecule has 2 fully saturated rings. The standard InChI is InChI=1S/C31H37N9/c1-38-14-16-39(17-15-38)25-10-11-27(32-21-25)36-30-34-20-24-18-26-28(33-19-23-8-4-2-5-9-23)35-22-31(12-6-3-7-13-31)40(26)29(24)37-30/h2,4-5,8-11,18,20-21H,3,6-7,12-17,19,22H2,1H3,(H,33,35)(H,32,34,36,37). The number of piperazine rings is 1. The Labute approximate surface area is 235 Å². The molecule has 0 radical (unpaired) electrons. The summed E-state index contributed by atoms with van der Waals surface area (Å²) in [6.07, 6.45) is 9.87. The fourth-order valence-corrected chi connectivity index (χ4v) is 6.43. The molecule has 1 aliphatic carbocycles. The number of amidine groups is 1. The van der Waals surface area contributed by atoms with E-state index in [9.17, 15) is 0 Å². The average molecular weight is 536 g/mol. The summed E-state index contributed by atoms with van der Waals surface area (Å²) in [5, 5.41) is 8.02. The number of fused-ring (bicyclic) bond motifs is 4. The molecule has 0 unspecified atom stereocenters. The Morgan fingerprint density at radius 2 is 1.73 bits per heavy atom. The third kappa shape index (κ3) is 4.79. The van der Waals surface area contributed by atoms with Crippen molar-refractivity contribution in [1.82, 2.24) is 29.7 Å². The zero-order valence-electron chi connectivity index (χ0n) is 23.2. The first-order valence-electron chi connectivity index (χ1n) is 14.6. The van der Waals surface area contributed by atoms with Crippen molar-refractivity contribution >= 4 is 34.3 Å². The molecule has 7 rings (SSSR count). The van der Waals surface area contributed by atoms with E-state index in [-0.39, 0.29) is 5.54 Å². The van der Waals surface area contributed by atoms with Crippen molar-refractivity contribution in [3.8, 4) is 0 Å². The minimum atomic E-state index is -0.0265. The van der Waals surface area contributed by atoms with Crippen LogP contribution < -0.4 is 15.5 Å². The number of aliphatic imine (C=N–C) groups is 1. The van der Waals surface area contributed by atoms with E-state index < -0.39 is 0 Å². The second-order valence-electron chi connectivity index (χ2n) is 11.4. The van der Waals surface area contributed by atoms with Gasteiger partial charge in [0, 0.05) is 44.3 Å². The molecule has 1 aromatic carbocycles. The molecule has 0 amide bonds. The van der Waals surface area contributed by atoms with Crippen LogP contribution >= 0.6 is 0 Å². The highest BCUT2D eigenvalue weighted by Crippen LogP contribution is 2.41. The number of nitrogens with zero attached hydrogens (tertiary/aromatic N) is 7. The van der Waals surface area contributed by atoms with Crippen LogP contribution in [0.2, 0.25) is 0 Å². The summed E-state index contributed by atoms with van der Waals surface area (Å²) < 4.78 is 2.47. The third-order valence-corrected chi connectivity index (χ3v) is 8.73. The van der Waals surface area contributed by atoms with Crippen LogP contribution in [0, 0.1) is 0 Å². The number of nitrogens with one attached hydrogen (secondary N) is 2. The molecule has 0 atom stereocenters. The summed E-state index contributed by atoms with van der Waals surface area (Å²) in [7, 11) is 2.17. The van der Waals surface area contributed by atoms with Crippen LogP contribution in [-0.2, 0) is 12.1 Å². The monoisotopic (exact) mass is 535 g/mol. The molecule has 3 aromatic heterocycles. The van der Waals surface area contributed by atoms with E-state index in [0.717, 1.165) is 86.2 Å². The zero-order valence-corrected chi connectivity index (χ0v) is 23.2. The lowest BCUT2D eigenvalue weighted by Crippen LogP contribution is -2.46. The molecule has 1 saturated heterocycles. The summed E-state index contributed by atoms with van der Waals surface area (Å²) in [5.41, 5.74) is 4.45. The number of anilines is 3. The zero-order chi connectivity index (χ0) is 26.9. The Bertz CT molecular complexity index is 1500. The van der Waals surface area contributed by atoms with Gasteiger partial charge >= 0.3 is 0 Å². The molecule has 2 aliphatic heterocycles. The van der Waals surface area contributed by atoms with Crippen molar-refractivity contribution in [2.24, 2.45) is 4.99 Å². The molecule has 9 heteroatoms. The highest BCUT2D eigenvalue weighted by molar-refractivity contribution is 6.02. The lowest BCUT2D eigenvalue weighted by molar-refractivity contribution is 0.203. The normalized spacial score (nSPS) is 18.9. The van der Waals surface area contributed by atoms with Crippen LogP contribution in [0.4, 0.5) is 17.5 Å². The van der Waals surface area contributed by atoms with Crippen molar-refractivity contribution < 1.29 is 0 Å². The second-order valence-corrected chi connectivity index (χ2v) is 11.4. The van der Waals surface area contributed by atoms with E-state index in [1.165, 1.54) is 24.8 Å². The van der Waals surface area contributed by atoms with Gasteiger partial charge in [-0.15, -0.1) is 0 Å². The molecular formula is C31H37N9. The number of hydrogen-bond donors (Lipinski definition) is 2. The van der Waals surface area contributed by atoms with Crippen LogP contribution in [0.3, 0.4) is 0 Å². The maximum Gasteiger partial charge on any atom is 0.230 e. The quantitative estimate of drug-likeness (QED) is 0.388. The first-order valence-corrected chi connectivity index (χ1v) is 14.6. The van der Waals surface area contributed by atoms with Gasteiger partial charge in [0.05, 0.1) is 29.7 Å². The van der Waals surface area contributed by atoms with Gasteiger partial charge in [-0.05, 0) is 43.7 Å². The van der Waals surface area contributed by atoms with Crippen LogP contribution in [0.25, 0.3) is 11.0 Å². The number of benzene rings is 1. The van der Waals surface area contributed by atoms with E-state index in [2.05, 4.69) is 78.4 Å². The lowest BCUT2D eigenvalue weighted by atomic mass is 9.80. The highest BCUT2D eigenvalue weighted by Gasteiger charge is 2.40. The minimum Gasteiger partial charge on any atom is -0.368 e. The van der Waals surface area contributed by atoms with Gasteiger partial charge in [0.15, 0.2) is 0 Å². The van der Waals surface area contributed by atoms with Crippen LogP contribution in [0.1, 0.15) is 43.4 Å². The second kappa shape index (κ2) is 10.5. The Balaban J connectivity index is 1.17. The predicted molar refractivity (Wildman–Crippen MR) is 161 cm³/mol. The molecule has 9 nitrogen and oxygen atoms in total. The number of likely N-dealkylation sites (N-methyl/N-ethyl adjacent to an activating group) is 1. The fourth-order valence-electron chi connectivity index (χ4n) is 6.43. The Kier molecular flexibility index (Phi) is 6.59. The van der Waals surface area contributed by atoms with Crippen molar-refractivity contribution in [2.75, 3.05) is 50.0 Å². The Hall–Kier alpha value is -3.98. The van der Waals surface area contributed by atoms with E-state index >= 15 is 0 Å². The first-order chi connectivity index (χ1) is 19.7. The van der Waals surface area contributed by atoms with Gasteiger partial charge in [0.25, 0.3) is 0 Å². The average Bonchev–Trinajstić information content (AvgIpc) is 3.39. The summed E-state index contributed by atoms with van der Waals surface area (Å²) in [5.74, 6) is 2.26. The lowest BCUT2D eigenvalue weighted by Gasteiger charge is -2.41. The van der Waals surface area contributed by atoms with Gasteiger partial charge in [-0.1, -0.05) is 49.6 Å². The van der Waals surface area contributed by atoms with E-state index in [1.807, 2.05) is 24.5 Å². The summed E-state index contributed by atoms with van der Waals surface area (Å²) in [4.78, 5) is 24.3. The largest absolute Gasteiger partial charge is 0.368 e. The van der Waals surface area contributed by atoms with Gasteiger partial charge in [-0.3, -0.25) is 4.99 Å². The Morgan fingerprint density at radius 3 is 2.50 bits per heavy atom. The number of rotatable bonds is 5. The third-order valence-electron chi connectivity index (χ3n) is 8.73. The summed E-state index contributed by atoms with van der Waals surface area (Å²) in [6.45, 7) is 5.72. The highest BCUT2D eigenvalue weighted by atomic mass is 15.3. The predicted octanol–water partition coefficient (Wildman–Crippen LogP) is 4.53. The van der Waals surface area contributed by atoms with E-state index in [0.29, 0.717) is 5.95 Å². The fraction of sp³-hybridized carbons (Fsp3) is 0.419. The maximum absolute atomic E-state index is 5.10. The smallest absolute Gasteiger partial charge is 0.230 e. The van der Waals surface area contributed by atoms with Gasteiger partial charge in [-0.2, -0.15) is 4.98 Å². The van der Waals surface area contributed by atoms with Crippen LogP contribution in [-0.4, -0.2) is 70.0 Å². The topological polar surface area (TPSA) is 86.5 Å². The molecule has 40 heavy (non-hydrogen) atoms. The molecule has 1 spiro atoms. The van der Waals surface area contributed by atoms with Gasteiger partial charge in [-0.25, -0.2) is 9.97 Å². The SMILES string of the molecule is CN1CCN(c2ccc(Nc3ncc4cc5n(c4n3)C3(CCCCC3)CN=C5NCc3ccccc3)nc2)CC1. The Morgan fingerprint density at radius 1 is 0.900 bits per heavy atom. The van der Waals surface area contributed by atoms with E-state index in [1.54, 1.807) is 0 Å². The van der Waals surface area contributed by atoms with Crippen molar-refractivity contribution in [3.05, 3.63) is 72.2 Å². The van der Waals surface area contributed by atoms with Crippen molar-refractivity contribution in [1.29, 1.82) is 0 Å². The molecule has 206 valence electrons. The maximum atomic E-state index is 5.10. The molecule has 4 aromatic rings. The van der Waals surface area contributed by atoms with Crippen LogP contribution in [0.15, 0.2) is 65.9 Å². The number of hydrogen-bond acceptors (Lipinski definition) is 8. The van der Waals surface area contributed by atoms with Gasteiger partial charge in [0.1, 0.15) is 17.3 Å². The molecular weight excluding hydrogens is 498 g/mol. The summed E-state index contributed by atoms with van der Waals surface area (Å²) >= 11 is 0. The molecule has 2 N–H and O–H groups in total. The molecule has 0 bridgehead atoms. The molecule has 3 aliphatic rings. The van der Waals surface area contributed by atoms with Crippen LogP contribution in [0.5, 0.6) is 0 Å². The van der Waals surface area contributed by atoms with Gasteiger partial charge in [0.2, 0.25) is 5.95 Å². The first kappa shape index (κ1) is 25.0. The van der Waals surface area contributed by atoms with Crippen molar-refractivity contribution in [3.63, 3.8) is 0 Å². The molecule has 5 heterocycles. The molecule has 1 saturated carbocycles. The number of aromatic nitrogens is 4. The number of pyridine rings is 1. The minimum absolute atomic E-state index is 0.0265. The van der Waals surface area contributed by atoms with Gasteiger partial charge < -0.3 is 25.0 Å². The summed E-state index contributed by atoms with van der Waals surface area (Å²) in [6, 6.07) is 16.8. The van der Waals surface area contributed by atoms with Crippen molar-refractivity contribution in [2.45, 2.75) is 44.2 Å². The van der Waals surface area contributed by atoms with E-state index in [4.69, 9.17) is 9.98 Å².